The summed E-state index contributed by atoms with van der Waals surface area (Å²) in [7, 11) is 0. The van der Waals surface area contributed by atoms with Gasteiger partial charge in [-0.25, -0.2) is 4.79 Å². The molecule has 0 aromatic carbocycles. The van der Waals surface area contributed by atoms with E-state index in [9.17, 15) is 35.5 Å². The van der Waals surface area contributed by atoms with E-state index in [-0.39, 0.29) is 0 Å². The molecule has 1 N–H and O–H groups in total. The number of halogens is 7. The average Bonchev–Trinajstić information content (AvgIpc) is 2.11. The zero-order chi connectivity index (χ0) is 14.1. The number of alkyl halides is 7. The van der Waals surface area contributed by atoms with Crippen LogP contribution < -0.4 is 0 Å². The second-order valence-corrected chi connectivity index (χ2v) is 3.02. The van der Waals surface area contributed by atoms with Crippen molar-refractivity contribution < 1.29 is 40.6 Å². The van der Waals surface area contributed by atoms with Gasteiger partial charge in [0.15, 0.2) is 0 Å². The third kappa shape index (κ3) is 3.10. The van der Waals surface area contributed by atoms with Gasteiger partial charge < -0.3 is 5.11 Å². The van der Waals surface area contributed by atoms with E-state index in [0.29, 0.717) is 0 Å². The van der Waals surface area contributed by atoms with Crippen molar-refractivity contribution in [3.05, 3.63) is 11.6 Å². The summed E-state index contributed by atoms with van der Waals surface area (Å²) in [5.41, 5.74) is -1.22. The van der Waals surface area contributed by atoms with E-state index >= 15 is 0 Å². The Morgan fingerprint density at radius 3 is 1.76 bits per heavy atom. The van der Waals surface area contributed by atoms with E-state index in [0.717, 1.165) is 6.92 Å². The number of carboxylic acid groups (broad SMARTS) is 1. The van der Waals surface area contributed by atoms with Crippen LogP contribution in [0.4, 0.5) is 30.7 Å². The van der Waals surface area contributed by atoms with Gasteiger partial charge in [-0.05, 0) is 6.42 Å². The average molecular weight is 268 g/mol. The van der Waals surface area contributed by atoms with Crippen LogP contribution in [0.2, 0.25) is 0 Å². The largest absolute Gasteiger partial charge is 0.478 e. The second-order valence-electron chi connectivity index (χ2n) is 3.02. The molecule has 0 fully saturated rings. The van der Waals surface area contributed by atoms with Crippen LogP contribution in [0.5, 0.6) is 0 Å². The monoisotopic (exact) mass is 268 g/mol. The number of rotatable bonds is 4. The first-order chi connectivity index (χ1) is 7.37. The maximum absolute atomic E-state index is 12.7. The van der Waals surface area contributed by atoms with E-state index in [1.165, 1.54) is 0 Å². The number of carboxylic acids is 1. The van der Waals surface area contributed by atoms with Crippen molar-refractivity contribution in [3.8, 4) is 0 Å². The molecule has 0 radical (unpaired) electrons. The van der Waals surface area contributed by atoms with E-state index in [1.807, 2.05) is 0 Å². The van der Waals surface area contributed by atoms with E-state index < -0.39 is 42.1 Å². The number of aliphatic carboxylic acids is 1. The molecule has 0 aliphatic carbocycles. The van der Waals surface area contributed by atoms with Crippen molar-refractivity contribution in [1.82, 2.24) is 0 Å². The fourth-order valence-electron chi connectivity index (χ4n) is 0.813. The second kappa shape index (κ2) is 4.53. The number of hydrogen-bond donors (Lipinski definition) is 1. The van der Waals surface area contributed by atoms with Gasteiger partial charge in [0.05, 0.1) is 0 Å². The molecule has 0 rings (SSSR count). The highest BCUT2D eigenvalue weighted by Crippen LogP contribution is 2.47. The van der Waals surface area contributed by atoms with E-state index in [1.54, 1.807) is 0 Å². The van der Waals surface area contributed by atoms with Crippen LogP contribution in [0.3, 0.4) is 0 Å². The zero-order valence-corrected chi connectivity index (χ0v) is 8.29. The molecule has 2 nitrogen and oxygen atoms in total. The van der Waals surface area contributed by atoms with Crippen LogP contribution in [0, 0.1) is 0 Å². The molecule has 17 heavy (non-hydrogen) atoms. The van der Waals surface area contributed by atoms with Crippen LogP contribution in [-0.2, 0) is 4.79 Å². The Kier molecular flexibility index (Phi) is 4.19. The molecule has 0 aromatic heterocycles. The number of allylic oxidation sites excluding steroid dienone is 1. The Morgan fingerprint density at radius 1 is 1.12 bits per heavy atom. The maximum Gasteiger partial charge on any atom is 0.460 e. The first-order valence-corrected chi connectivity index (χ1v) is 4.14. The fourth-order valence-corrected chi connectivity index (χ4v) is 0.813. The SMILES string of the molecule is CCC(=CC(F)(F)C(F)(F)C(F)(F)F)C(=O)O. The Morgan fingerprint density at radius 2 is 1.53 bits per heavy atom. The smallest absolute Gasteiger partial charge is 0.460 e. The Balaban J connectivity index is 5.49. The van der Waals surface area contributed by atoms with Crippen molar-refractivity contribution in [2.45, 2.75) is 31.4 Å². The summed E-state index contributed by atoms with van der Waals surface area (Å²) >= 11 is 0. The van der Waals surface area contributed by atoms with Gasteiger partial charge in [0.25, 0.3) is 0 Å². The highest BCUT2D eigenvalue weighted by Gasteiger charge is 2.72. The standard InChI is InChI=1S/C8H7F7O2/c1-2-4(5(16)17)3-6(9,10)7(11,12)8(13,14)15/h3H,2H2,1H3,(H,16,17). The molecular formula is C8H7F7O2. The van der Waals surface area contributed by atoms with Gasteiger partial charge in [-0.1, -0.05) is 6.92 Å². The van der Waals surface area contributed by atoms with E-state index in [4.69, 9.17) is 5.11 Å². The first-order valence-electron chi connectivity index (χ1n) is 4.14. The van der Waals surface area contributed by atoms with Crippen molar-refractivity contribution in [2.24, 2.45) is 0 Å². The lowest BCUT2D eigenvalue weighted by atomic mass is 10.1. The lowest BCUT2D eigenvalue weighted by Crippen LogP contribution is -2.51. The Labute approximate surface area is 90.7 Å². The van der Waals surface area contributed by atoms with Crippen LogP contribution in [0.15, 0.2) is 11.6 Å². The minimum absolute atomic E-state index is 0.612. The Hall–Kier alpha value is -1.28. The quantitative estimate of drug-likeness (QED) is 0.627. The summed E-state index contributed by atoms with van der Waals surface area (Å²) in [4.78, 5) is 10.3. The van der Waals surface area contributed by atoms with Gasteiger partial charge in [-0.15, -0.1) is 0 Å². The molecular weight excluding hydrogens is 261 g/mol. The molecule has 0 heterocycles. The summed E-state index contributed by atoms with van der Waals surface area (Å²) in [5.74, 6) is -13.9. The van der Waals surface area contributed by atoms with Gasteiger partial charge in [-0.2, -0.15) is 30.7 Å². The van der Waals surface area contributed by atoms with Crippen LogP contribution >= 0.6 is 0 Å². The highest BCUT2D eigenvalue weighted by molar-refractivity contribution is 5.86. The van der Waals surface area contributed by atoms with Crippen molar-refractivity contribution >= 4 is 5.97 Å². The van der Waals surface area contributed by atoms with Crippen LogP contribution in [0.1, 0.15) is 13.3 Å². The van der Waals surface area contributed by atoms with Crippen molar-refractivity contribution in [3.63, 3.8) is 0 Å². The number of hydrogen-bond acceptors (Lipinski definition) is 1. The third-order valence-corrected chi connectivity index (χ3v) is 1.79. The summed E-state index contributed by atoms with van der Waals surface area (Å²) in [6, 6.07) is 0. The molecule has 0 aliphatic rings. The predicted octanol–water partition coefficient (Wildman–Crippen LogP) is 3.24. The zero-order valence-electron chi connectivity index (χ0n) is 8.29. The van der Waals surface area contributed by atoms with Gasteiger partial charge in [0.2, 0.25) is 0 Å². The molecule has 0 aromatic rings. The molecule has 0 saturated carbocycles. The normalized spacial score (nSPS) is 14.9. The summed E-state index contributed by atoms with van der Waals surface area (Å²) in [6.45, 7) is 1.03. The summed E-state index contributed by atoms with van der Waals surface area (Å²) in [5, 5.41) is 8.28. The minimum atomic E-state index is -6.47. The molecule has 0 unspecified atom stereocenters. The molecule has 0 amide bonds. The minimum Gasteiger partial charge on any atom is -0.478 e. The number of carbonyl (C=O) groups is 1. The van der Waals surface area contributed by atoms with Gasteiger partial charge in [0, 0.05) is 11.6 Å². The lowest BCUT2D eigenvalue weighted by Gasteiger charge is -2.26. The van der Waals surface area contributed by atoms with Crippen molar-refractivity contribution in [1.29, 1.82) is 0 Å². The van der Waals surface area contributed by atoms with Gasteiger partial charge in [0.1, 0.15) is 0 Å². The summed E-state index contributed by atoms with van der Waals surface area (Å²) in [6.07, 6.45) is -7.95. The fraction of sp³-hybridized carbons (Fsp3) is 0.625. The van der Waals surface area contributed by atoms with E-state index in [2.05, 4.69) is 0 Å². The van der Waals surface area contributed by atoms with Crippen LogP contribution in [-0.4, -0.2) is 29.1 Å². The predicted molar refractivity (Wildman–Crippen MR) is 42.0 cm³/mol. The molecule has 100 valence electrons. The topological polar surface area (TPSA) is 37.3 Å². The molecule has 0 spiro atoms. The highest BCUT2D eigenvalue weighted by atomic mass is 19.4. The van der Waals surface area contributed by atoms with Crippen LogP contribution in [0.25, 0.3) is 0 Å². The molecule has 0 saturated heterocycles. The molecule has 0 atom stereocenters. The molecule has 0 bridgehead atoms. The Bertz CT molecular complexity index is 329. The third-order valence-electron chi connectivity index (χ3n) is 1.79. The summed E-state index contributed by atoms with van der Waals surface area (Å²) < 4.78 is 85.1. The lowest BCUT2D eigenvalue weighted by molar-refractivity contribution is -0.341. The maximum atomic E-state index is 12.7. The molecule has 0 aliphatic heterocycles. The first kappa shape index (κ1) is 15.7. The van der Waals surface area contributed by atoms with Crippen molar-refractivity contribution in [2.75, 3.05) is 0 Å². The van der Waals surface area contributed by atoms with Gasteiger partial charge in [-0.3, -0.25) is 0 Å². The molecule has 9 heteroatoms. The van der Waals surface area contributed by atoms with Gasteiger partial charge >= 0.3 is 24.0 Å².